The summed E-state index contributed by atoms with van der Waals surface area (Å²) in [5.41, 5.74) is 5.62. The molecule has 0 aliphatic heterocycles. The van der Waals surface area contributed by atoms with Gasteiger partial charge in [-0.05, 0) is 46.0 Å². The lowest BCUT2D eigenvalue weighted by molar-refractivity contribution is 1.07. The van der Waals surface area contributed by atoms with Crippen LogP contribution in [0.4, 0.5) is 0 Å². The van der Waals surface area contributed by atoms with Crippen LogP contribution in [-0.2, 0) is 0 Å². The van der Waals surface area contributed by atoms with Crippen molar-refractivity contribution in [2.45, 2.75) is 0 Å². The lowest BCUT2D eigenvalue weighted by Gasteiger charge is -2.15. The van der Waals surface area contributed by atoms with Crippen LogP contribution < -0.4 is 0 Å². The predicted molar refractivity (Wildman–Crippen MR) is 132 cm³/mol. The van der Waals surface area contributed by atoms with E-state index in [-0.39, 0.29) is 5.28 Å². The largest absolute Gasteiger partial charge is 0.226 e. The molecule has 5 rings (SSSR count). The van der Waals surface area contributed by atoms with Gasteiger partial charge in [-0.25, -0.2) is 4.98 Å². The van der Waals surface area contributed by atoms with Crippen LogP contribution in [0.3, 0.4) is 0 Å². The van der Waals surface area contributed by atoms with Gasteiger partial charge in [-0.15, -0.1) is 0 Å². The van der Waals surface area contributed by atoms with E-state index in [1.54, 1.807) is 0 Å². The molecule has 0 radical (unpaired) electrons. The summed E-state index contributed by atoms with van der Waals surface area (Å²) in [5.74, 6) is 0.940. The summed E-state index contributed by atoms with van der Waals surface area (Å²) in [6.45, 7) is 0. The summed E-state index contributed by atoms with van der Waals surface area (Å²) < 4.78 is 0. The van der Waals surface area contributed by atoms with Gasteiger partial charge in [0.25, 0.3) is 0 Å². The van der Waals surface area contributed by atoms with Crippen molar-refractivity contribution in [2.75, 3.05) is 0 Å². The fourth-order valence-corrected chi connectivity index (χ4v) is 4.12. The summed E-state index contributed by atoms with van der Waals surface area (Å²) in [5, 5.41) is 0.669. The first-order valence-corrected chi connectivity index (χ1v) is 10.9. The molecule has 0 fully saturated rings. The van der Waals surface area contributed by atoms with Crippen LogP contribution in [0.15, 0.2) is 103 Å². The summed E-state index contributed by atoms with van der Waals surface area (Å²) in [6, 6.07) is 34.0. The molecule has 0 N–H and O–H groups in total. The quantitative estimate of drug-likeness (QED) is 0.278. The van der Waals surface area contributed by atoms with Crippen LogP contribution in [0.2, 0.25) is 10.3 Å². The van der Waals surface area contributed by atoms with E-state index in [2.05, 4.69) is 28.2 Å². The molecule has 5 aromatic rings. The molecule has 1 aromatic heterocycles. The Balaban J connectivity index is 1.75. The number of rotatable bonds is 4. The van der Waals surface area contributed by atoms with Crippen molar-refractivity contribution in [3.05, 3.63) is 113 Å². The van der Waals surface area contributed by atoms with Crippen molar-refractivity contribution < 1.29 is 0 Å². The molecule has 0 atom stereocenters. The zero-order valence-corrected chi connectivity index (χ0v) is 18.4. The molecule has 0 bridgehead atoms. The van der Waals surface area contributed by atoms with Gasteiger partial charge in [0.15, 0.2) is 11.6 Å². The molecule has 0 spiro atoms. The smallest absolute Gasteiger partial charge is 0.208 e. The molecule has 5 heteroatoms. The maximum Gasteiger partial charge on any atom is 0.226 e. The van der Waals surface area contributed by atoms with Gasteiger partial charge in [-0.1, -0.05) is 103 Å². The minimum absolute atomic E-state index is 0.121. The molecule has 4 aromatic carbocycles. The monoisotopic (exact) mass is 453 g/mol. The zero-order chi connectivity index (χ0) is 21.9. The van der Waals surface area contributed by atoms with E-state index >= 15 is 0 Å². The molecule has 154 valence electrons. The third-order valence-corrected chi connectivity index (χ3v) is 5.61. The first-order valence-electron chi connectivity index (χ1n) is 10.1. The van der Waals surface area contributed by atoms with Crippen LogP contribution >= 0.6 is 23.2 Å². The first kappa shape index (κ1) is 20.4. The van der Waals surface area contributed by atoms with Crippen molar-refractivity contribution >= 4 is 23.2 Å². The topological polar surface area (TPSA) is 38.7 Å². The van der Waals surface area contributed by atoms with Gasteiger partial charge in [0.1, 0.15) is 0 Å². The Hall–Kier alpha value is -3.53. The van der Waals surface area contributed by atoms with Crippen LogP contribution in [0, 0.1) is 0 Å². The zero-order valence-electron chi connectivity index (χ0n) is 16.9. The average Bonchev–Trinajstić information content (AvgIpc) is 2.85. The van der Waals surface area contributed by atoms with Crippen LogP contribution in [0.25, 0.3) is 45.0 Å². The van der Waals surface area contributed by atoms with Crippen molar-refractivity contribution in [1.82, 2.24) is 15.0 Å². The number of halogens is 2. The Bertz CT molecular complexity index is 1370. The molecular weight excluding hydrogens is 437 g/mol. The number of nitrogens with zero attached hydrogens (tertiary/aromatic N) is 3. The van der Waals surface area contributed by atoms with Crippen molar-refractivity contribution in [3.63, 3.8) is 0 Å². The van der Waals surface area contributed by atoms with E-state index in [9.17, 15) is 0 Å². The first-order chi connectivity index (χ1) is 15.7. The van der Waals surface area contributed by atoms with E-state index < -0.39 is 0 Å². The Morgan fingerprint density at radius 1 is 0.469 bits per heavy atom. The number of aromatic nitrogens is 3. The van der Waals surface area contributed by atoms with E-state index in [0.717, 1.165) is 33.4 Å². The average molecular weight is 454 g/mol. The van der Waals surface area contributed by atoms with Crippen molar-refractivity contribution in [3.8, 4) is 45.0 Å². The summed E-state index contributed by atoms with van der Waals surface area (Å²) in [4.78, 5) is 13.5. The lowest BCUT2D eigenvalue weighted by Crippen LogP contribution is -1.99. The summed E-state index contributed by atoms with van der Waals surface area (Å²) in [7, 11) is 0. The third kappa shape index (κ3) is 4.13. The van der Waals surface area contributed by atoms with Crippen molar-refractivity contribution in [1.29, 1.82) is 0 Å². The van der Waals surface area contributed by atoms with Gasteiger partial charge in [0.05, 0.1) is 5.02 Å². The van der Waals surface area contributed by atoms with Crippen molar-refractivity contribution in [2.24, 2.45) is 0 Å². The molecular formula is C27H17Cl2N3. The Morgan fingerprint density at radius 2 is 1.00 bits per heavy atom. The fourth-order valence-electron chi connectivity index (χ4n) is 3.65. The van der Waals surface area contributed by atoms with Gasteiger partial charge < -0.3 is 0 Å². The molecule has 3 nitrogen and oxygen atoms in total. The van der Waals surface area contributed by atoms with Gasteiger partial charge in [0, 0.05) is 11.1 Å². The normalized spacial score (nSPS) is 10.8. The van der Waals surface area contributed by atoms with E-state index in [1.807, 2.05) is 84.9 Å². The second-order valence-corrected chi connectivity index (χ2v) is 7.98. The Kier molecular flexibility index (Phi) is 5.68. The number of hydrogen-bond donors (Lipinski definition) is 0. The molecule has 0 aliphatic rings. The highest BCUT2D eigenvalue weighted by Gasteiger charge is 2.19. The second-order valence-electron chi connectivity index (χ2n) is 7.23. The van der Waals surface area contributed by atoms with E-state index in [4.69, 9.17) is 28.2 Å². The Morgan fingerprint density at radius 3 is 1.62 bits per heavy atom. The summed E-state index contributed by atoms with van der Waals surface area (Å²) in [6.07, 6.45) is 0. The van der Waals surface area contributed by atoms with E-state index in [1.165, 1.54) is 0 Å². The van der Waals surface area contributed by atoms with E-state index in [0.29, 0.717) is 16.7 Å². The van der Waals surface area contributed by atoms with Crippen LogP contribution in [0.1, 0.15) is 0 Å². The molecule has 0 unspecified atom stereocenters. The third-order valence-electron chi connectivity index (χ3n) is 5.15. The number of benzene rings is 4. The van der Waals surface area contributed by atoms with Gasteiger partial charge in [0.2, 0.25) is 5.28 Å². The van der Waals surface area contributed by atoms with Gasteiger partial charge >= 0.3 is 0 Å². The minimum atomic E-state index is 0.121. The molecule has 0 amide bonds. The summed E-state index contributed by atoms with van der Waals surface area (Å²) >= 11 is 13.2. The molecule has 0 saturated carbocycles. The lowest BCUT2D eigenvalue weighted by atomic mass is 9.94. The highest BCUT2D eigenvalue weighted by molar-refractivity contribution is 6.34. The standard InChI is InChI=1S/C27H17Cl2N3/c28-23-17-21(18-10-4-1-5-11-18)16-22(19-12-6-2-7-13-19)24(23)26-30-25(31-27(29)32-26)20-14-8-3-9-15-20/h1-17H. The highest BCUT2D eigenvalue weighted by atomic mass is 35.5. The van der Waals surface area contributed by atoms with Gasteiger partial charge in [-0.3, -0.25) is 0 Å². The molecule has 32 heavy (non-hydrogen) atoms. The highest BCUT2D eigenvalue weighted by Crippen LogP contribution is 2.40. The molecule has 0 aliphatic carbocycles. The predicted octanol–water partition coefficient (Wildman–Crippen LogP) is 7.85. The maximum absolute atomic E-state index is 6.88. The van der Waals surface area contributed by atoms with Crippen LogP contribution in [-0.4, -0.2) is 15.0 Å². The number of hydrogen-bond acceptors (Lipinski definition) is 3. The minimum Gasteiger partial charge on any atom is -0.208 e. The molecule has 0 saturated heterocycles. The van der Waals surface area contributed by atoms with Gasteiger partial charge in [-0.2, -0.15) is 9.97 Å². The maximum atomic E-state index is 6.88. The van der Waals surface area contributed by atoms with Crippen LogP contribution in [0.5, 0.6) is 0 Å². The second kappa shape index (κ2) is 8.91. The molecule has 1 heterocycles. The Labute approximate surface area is 196 Å². The fraction of sp³-hybridized carbons (Fsp3) is 0. The SMILES string of the molecule is Clc1nc(-c2ccccc2)nc(-c2c(Cl)cc(-c3ccccc3)cc2-c2ccccc2)n1.